The first-order valence-electron chi connectivity index (χ1n) is 8.83. The Kier molecular flexibility index (Phi) is 4.60. The summed E-state index contributed by atoms with van der Waals surface area (Å²) in [5, 5.41) is 24.8. The molecule has 4 rings (SSSR count). The van der Waals surface area contributed by atoms with Crippen molar-refractivity contribution in [3.05, 3.63) is 48.5 Å². The van der Waals surface area contributed by atoms with Crippen LogP contribution < -0.4 is 9.64 Å². The van der Waals surface area contributed by atoms with Gasteiger partial charge >= 0.3 is 0 Å². The van der Waals surface area contributed by atoms with E-state index >= 15 is 0 Å². The third-order valence-corrected chi connectivity index (χ3v) is 4.61. The molecule has 4 aromatic rings. The van der Waals surface area contributed by atoms with E-state index in [2.05, 4.69) is 15.1 Å². The van der Waals surface area contributed by atoms with Crippen LogP contribution in [0.4, 0.5) is 5.82 Å². The zero-order chi connectivity index (χ0) is 18.8. The summed E-state index contributed by atoms with van der Waals surface area (Å²) in [6, 6.07) is 15.7. The average Bonchev–Trinajstić information content (AvgIpc) is 3.15. The molecule has 0 aliphatic rings. The van der Waals surface area contributed by atoms with E-state index in [4.69, 9.17) is 14.9 Å². The molecule has 7 nitrogen and oxygen atoms in total. The van der Waals surface area contributed by atoms with Crippen LogP contribution in [-0.2, 0) is 0 Å². The molecule has 0 amide bonds. The number of hydrogen-bond acceptors (Lipinski definition) is 6. The summed E-state index contributed by atoms with van der Waals surface area (Å²) in [6.45, 7) is 0.854. The smallest absolute Gasteiger partial charge is 0.186 e. The molecule has 0 radical (unpaired) electrons. The number of aliphatic hydroxyl groups excluding tert-OH is 1. The van der Waals surface area contributed by atoms with E-state index in [1.54, 1.807) is 11.6 Å². The first-order chi connectivity index (χ1) is 13.2. The summed E-state index contributed by atoms with van der Waals surface area (Å²) < 4.78 is 7.02. The van der Waals surface area contributed by atoms with Crippen LogP contribution in [-0.4, -0.2) is 52.2 Å². The van der Waals surface area contributed by atoms with Crippen molar-refractivity contribution in [3.8, 4) is 17.1 Å². The molecule has 1 N–H and O–H groups in total. The Morgan fingerprint density at radius 3 is 2.48 bits per heavy atom. The molecule has 7 heteroatoms. The standard InChI is InChI=1S/C20H21N5O2/c1-24(12-5-13-26)20-17-7-4-3-6-16(17)19-22-21-18(25(19)23-20)14-8-10-15(27-2)11-9-14/h3-4,6-11,26H,5,12-13H2,1-2H3. The van der Waals surface area contributed by atoms with Gasteiger partial charge in [0.05, 0.1) is 7.11 Å². The number of rotatable bonds is 6. The number of hydrogen-bond donors (Lipinski definition) is 1. The van der Waals surface area contributed by atoms with Crippen LogP contribution in [0.3, 0.4) is 0 Å². The van der Waals surface area contributed by atoms with Gasteiger partial charge in [-0.1, -0.05) is 24.3 Å². The molecule has 0 aliphatic carbocycles. The van der Waals surface area contributed by atoms with Gasteiger partial charge in [-0.25, -0.2) is 0 Å². The highest BCUT2D eigenvalue weighted by atomic mass is 16.5. The SMILES string of the molecule is COc1ccc(-c2nnc3c4ccccc4c(N(C)CCCO)nn23)cc1. The quantitative estimate of drug-likeness (QED) is 0.568. The Hall–Kier alpha value is -3.19. The summed E-state index contributed by atoms with van der Waals surface area (Å²) >= 11 is 0. The van der Waals surface area contributed by atoms with Gasteiger partial charge in [0, 0.05) is 36.5 Å². The van der Waals surface area contributed by atoms with Gasteiger partial charge < -0.3 is 14.7 Å². The first kappa shape index (κ1) is 17.2. The third kappa shape index (κ3) is 3.06. The Labute approximate surface area is 156 Å². The highest BCUT2D eigenvalue weighted by molar-refractivity contribution is 6.00. The van der Waals surface area contributed by atoms with Crippen LogP contribution >= 0.6 is 0 Å². The Balaban J connectivity index is 1.91. The molecule has 0 spiro atoms. The molecular formula is C20H21N5O2. The van der Waals surface area contributed by atoms with E-state index in [9.17, 15) is 0 Å². The summed E-state index contributed by atoms with van der Waals surface area (Å²) in [5.74, 6) is 2.30. The number of fused-ring (bicyclic) bond motifs is 3. The summed E-state index contributed by atoms with van der Waals surface area (Å²) in [6.07, 6.45) is 0.679. The van der Waals surface area contributed by atoms with Crippen molar-refractivity contribution in [2.75, 3.05) is 32.2 Å². The fourth-order valence-electron chi connectivity index (χ4n) is 3.18. The number of aliphatic hydroxyl groups is 1. The maximum absolute atomic E-state index is 9.17. The molecule has 0 saturated carbocycles. The Morgan fingerprint density at radius 2 is 1.78 bits per heavy atom. The zero-order valence-corrected chi connectivity index (χ0v) is 15.3. The van der Waals surface area contributed by atoms with Crippen molar-refractivity contribution in [2.45, 2.75) is 6.42 Å². The second-order valence-electron chi connectivity index (χ2n) is 6.36. The van der Waals surface area contributed by atoms with E-state index < -0.39 is 0 Å². The third-order valence-electron chi connectivity index (χ3n) is 4.61. The molecule has 0 fully saturated rings. The fourth-order valence-corrected chi connectivity index (χ4v) is 3.18. The minimum atomic E-state index is 0.147. The second-order valence-corrected chi connectivity index (χ2v) is 6.36. The molecule has 0 unspecified atom stereocenters. The molecule has 27 heavy (non-hydrogen) atoms. The number of anilines is 1. The van der Waals surface area contributed by atoms with E-state index in [0.29, 0.717) is 18.8 Å². The number of methoxy groups -OCH3 is 1. The minimum Gasteiger partial charge on any atom is -0.497 e. The van der Waals surface area contributed by atoms with Gasteiger partial charge in [-0.2, -0.15) is 4.52 Å². The van der Waals surface area contributed by atoms with E-state index in [0.717, 1.165) is 33.6 Å². The van der Waals surface area contributed by atoms with Crippen LogP contribution in [0.2, 0.25) is 0 Å². The number of ether oxygens (including phenoxy) is 1. The number of aromatic nitrogens is 4. The highest BCUT2D eigenvalue weighted by Crippen LogP contribution is 2.29. The second kappa shape index (κ2) is 7.20. The zero-order valence-electron chi connectivity index (χ0n) is 15.3. The van der Waals surface area contributed by atoms with Gasteiger partial charge in [0.25, 0.3) is 0 Å². The van der Waals surface area contributed by atoms with E-state index in [1.807, 2.05) is 55.6 Å². The largest absolute Gasteiger partial charge is 0.497 e. The summed E-state index contributed by atoms with van der Waals surface area (Å²) in [7, 11) is 3.62. The molecule has 0 bridgehead atoms. The lowest BCUT2D eigenvalue weighted by molar-refractivity contribution is 0.290. The Morgan fingerprint density at radius 1 is 1.04 bits per heavy atom. The lowest BCUT2D eigenvalue weighted by Gasteiger charge is -2.19. The van der Waals surface area contributed by atoms with Crippen LogP contribution in [0.25, 0.3) is 27.8 Å². The lowest BCUT2D eigenvalue weighted by atomic mass is 10.1. The van der Waals surface area contributed by atoms with Crippen molar-refractivity contribution < 1.29 is 9.84 Å². The van der Waals surface area contributed by atoms with Gasteiger partial charge in [0.15, 0.2) is 17.3 Å². The predicted molar refractivity (Wildman–Crippen MR) is 105 cm³/mol. The normalized spacial score (nSPS) is 11.2. The van der Waals surface area contributed by atoms with Crippen molar-refractivity contribution in [1.82, 2.24) is 19.8 Å². The molecule has 2 aromatic carbocycles. The predicted octanol–water partition coefficient (Wildman–Crippen LogP) is 2.77. The average molecular weight is 363 g/mol. The van der Waals surface area contributed by atoms with Crippen LogP contribution in [0.1, 0.15) is 6.42 Å². The highest BCUT2D eigenvalue weighted by Gasteiger charge is 2.17. The maximum Gasteiger partial charge on any atom is 0.186 e. The van der Waals surface area contributed by atoms with Gasteiger partial charge in [0.2, 0.25) is 0 Å². The van der Waals surface area contributed by atoms with Gasteiger partial charge in [0.1, 0.15) is 5.75 Å². The van der Waals surface area contributed by atoms with Crippen molar-refractivity contribution in [1.29, 1.82) is 0 Å². The number of nitrogens with zero attached hydrogens (tertiary/aromatic N) is 5. The lowest BCUT2D eigenvalue weighted by Crippen LogP contribution is -2.22. The maximum atomic E-state index is 9.17. The summed E-state index contributed by atoms with van der Waals surface area (Å²) in [5.41, 5.74) is 1.63. The van der Waals surface area contributed by atoms with Crippen molar-refractivity contribution in [3.63, 3.8) is 0 Å². The van der Waals surface area contributed by atoms with Crippen LogP contribution in [0.5, 0.6) is 5.75 Å². The minimum absolute atomic E-state index is 0.147. The molecule has 0 atom stereocenters. The molecule has 0 saturated heterocycles. The fraction of sp³-hybridized carbons (Fsp3) is 0.250. The molecule has 2 heterocycles. The molecule has 0 aliphatic heterocycles. The van der Waals surface area contributed by atoms with Gasteiger partial charge in [-0.3, -0.25) is 0 Å². The summed E-state index contributed by atoms with van der Waals surface area (Å²) in [4.78, 5) is 2.05. The number of benzene rings is 2. The van der Waals surface area contributed by atoms with Crippen LogP contribution in [0.15, 0.2) is 48.5 Å². The monoisotopic (exact) mass is 363 g/mol. The molecule has 138 valence electrons. The topological polar surface area (TPSA) is 75.8 Å². The molecular weight excluding hydrogens is 342 g/mol. The van der Waals surface area contributed by atoms with E-state index in [-0.39, 0.29) is 6.61 Å². The van der Waals surface area contributed by atoms with Crippen molar-refractivity contribution >= 4 is 22.2 Å². The van der Waals surface area contributed by atoms with Gasteiger partial charge in [-0.15, -0.1) is 15.3 Å². The Bertz CT molecular complexity index is 1080. The van der Waals surface area contributed by atoms with Gasteiger partial charge in [-0.05, 0) is 30.7 Å². The molecule has 2 aromatic heterocycles. The van der Waals surface area contributed by atoms with Crippen LogP contribution in [0, 0.1) is 0 Å². The first-order valence-corrected chi connectivity index (χ1v) is 8.83. The van der Waals surface area contributed by atoms with Crippen molar-refractivity contribution in [2.24, 2.45) is 0 Å². The van der Waals surface area contributed by atoms with E-state index in [1.165, 1.54) is 0 Å².